The molecule has 0 amide bonds. The monoisotopic (exact) mass is 399 g/mol. The number of aliphatic hydroxyl groups excluding tert-OH is 1. The van der Waals surface area contributed by atoms with Crippen LogP contribution in [0.2, 0.25) is 0 Å². The number of ether oxygens (including phenoxy) is 1. The maximum Gasteiger partial charge on any atom is 0.137 e. The maximum atomic E-state index is 10.5. The van der Waals surface area contributed by atoms with Crippen molar-refractivity contribution in [3.05, 3.63) is 48.0 Å². The first-order chi connectivity index (χ1) is 13.8. The number of phenolic OH excluding ortho intramolecular Hbond substituents is 1. The highest BCUT2D eigenvalue weighted by atomic mass is 32.2. The van der Waals surface area contributed by atoms with Crippen LogP contribution in [0.5, 0.6) is 5.75 Å². The van der Waals surface area contributed by atoms with Gasteiger partial charge in [-0.25, -0.2) is 4.99 Å². The van der Waals surface area contributed by atoms with E-state index < -0.39 is 0 Å². The van der Waals surface area contributed by atoms with Crippen molar-refractivity contribution in [3.8, 4) is 5.75 Å². The molecule has 4 rings (SSSR count). The van der Waals surface area contributed by atoms with Crippen molar-refractivity contribution >= 4 is 23.3 Å². The summed E-state index contributed by atoms with van der Waals surface area (Å²) in [5, 5.41) is 19.3. The average molecular weight is 400 g/mol. The van der Waals surface area contributed by atoms with Crippen molar-refractivity contribution in [2.45, 2.75) is 9.79 Å². The Balaban J connectivity index is 1.54. The summed E-state index contributed by atoms with van der Waals surface area (Å²) in [4.78, 5) is 11.6. The Bertz CT molecular complexity index is 851. The number of fused-ring (bicyclic) bond motifs is 2. The minimum absolute atomic E-state index is 0.0688. The minimum atomic E-state index is 0.0688. The lowest BCUT2D eigenvalue weighted by Crippen LogP contribution is -2.49. The fraction of sp³-hybridized carbons (Fsp3) is 0.381. The predicted octanol–water partition coefficient (Wildman–Crippen LogP) is 2.56. The number of benzene rings is 2. The molecule has 0 saturated carbocycles. The number of rotatable bonds is 5. The van der Waals surface area contributed by atoms with Gasteiger partial charge in [-0.3, -0.25) is 4.90 Å². The molecule has 2 aliphatic rings. The van der Waals surface area contributed by atoms with E-state index in [2.05, 4.69) is 9.80 Å². The van der Waals surface area contributed by atoms with Gasteiger partial charge in [-0.15, -0.1) is 0 Å². The van der Waals surface area contributed by atoms with Gasteiger partial charge in [-0.2, -0.15) is 0 Å². The third kappa shape index (κ3) is 4.17. The smallest absolute Gasteiger partial charge is 0.137 e. The molecule has 148 valence electrons. The molecule has 1 fully saturated rings. The van der Waals surface area contributed by atoms with Crippen LogP contribution in [0.25, 0.3) is 0 Å². The third-order valence-electron chi connectivity index (χ3n) is 5.00. The van der Waals surface area contributed by atoms with Crippen LogP contribution >= 0.6 is 11.8 Å². The Labute approximate surface area is 169 Å². The first kappa shape index (κ1) is 19.3. The first-order valence-electron chi connectivity index (χ1n) is 9.60. The lowest BCUT2D eigenvalue weighted by Gasteiger charge is -2.36. The summed E-state index contributed by atoms with van der Waals surface area (Å²) in [6.45, 7) is 5.60. The van der Waals surface area contributed by atoms with Gasteiger partial charge >= 0.3 is 0 Å². The molecule has 2 aromatic carbocycles. The topological polar surface area (TPSA) is 68.5 Å². The number of aromatic hydroxyl groups is 1. The van der Waals surface area contributed by atoms with Crippen molar-refractivity contribution in [1.82, 2.24) is 9.80 Å². The number of aliphatic hydroxyl groups is 1. The van der Waals surface area contributed by atoms with Gasteiger partial charge in [0, 0.05) is 43.2 Å². The van der Waals surface area contributed by atoms with Gasteiger partial charge in [0.15, 0.2) is 0 Å². The van der Waals surface area contributed by atoms with E-state index in [4.69, 9.17) is 14.8 Å². The predicted molar refractivity (Wildman–Crippen MR) is 111 cm³/mol. The molecule has 2 aliphatic heterocycles. The molecular formula is C21H25N3O3S. The normalized spacial score (nSPS) is 16.9. The van der Waals surface area contributed by atoms with Crippen LogP contribution in [0.15, 0.2) is 57.2 Å². The lowest BCUT2D eigenvalue weighted by atomic mass is 10.1. The van der Waals surface area contributed by atoms with Crippen molar-refractivity contribution in [1.29, 1.82) is 0 Å². The van der Waals surface area contributed by atoms with Crippen molar-refractivity contribution in [3.63, 3.8) is 0 Å². The molecule has 0 atom stereocenters. The summed E-state index contributed by atoms with van der Waals surface area (Å²) >= 11 is 1.58. The van der Waals surface area contributed by atoms with Crippen LogP contribution in [0.4, 0.5) is 5.69 Å². The molecular weight excluding hydrogens is 374 g/mol. The summed E-state index contributed by atoms with van der Waals surface area (Å²) in [5.41, 5.74) is 1.93. The largest absolute Gasteiger partial charge is 0.507 e. The molecule has 7 heteroatoms. The van der Waals surface area contributed by atoms with Gasteiger partial charge < -0.3 is 19.8 Å². The zero-order valence-corrected chi connectivity index (χ0v) is 16.6. The van der Waals surface area contributed by atoms with Crippen molar-refractivity contribution < 1.29 is 14.9 Å². The highest BCUT2D eigenvalue weighted by Gasteiger charge is 2.26. The molecule has 0 unspecified atom stereocenters. The van der Waals surface area contributed by atoms with E-state index in [1.807, 2.05) is 36.4 Å². The van der Waals surface area contributed by atoms with Crippen molar-refractivity contribution in [2.75, 3.05) is 52.5 Å². The Morgan fingerprint density at radius 2 is 1.82 bits per heavy atom. The average Bonchev–Trinajstić information content (AvgIpc) is 2.90. The molecule has 0 spiro atoms. The molecule has 2 heterocycles. The zero-order chi connectivity index (χ0) is 19.3. The van der Waals surface area contributed by atoms with Crippen LogP contribution < -0.4 is 0 Å². The standard InChI is InChI=1S/C21H25N3O3S/c25-13-15-27-14-12-23-8-10-24(11-9-23)21-16-4-3-6-18(26)20(16)28-19-7-2-1-5-17(19)22-21/h1-7,25-26H,8-15H2. The quantitative estimate of drug-likeness (QED) is 0.754. The molecule has 2 aromatic rings. The van der Waals surface area contributed by atoms with Gasteiger partial charge in [-0.05, 0) is 24.3 Å². The molecule has 2 N–H and O–H groups in total. The molecule has 0 aromatic heterocycles. The highest BCUT2D eigenvalue weighted by molar-refractivity contribution is 7.99. The number of hydrogen-bond acceptors (Lipinski definition) is 7. The Morgan fingerprint density at radius 3 is 2.64 bits per heavy atom. The van der Waals surface area contributed by atoms with E-state index in [1.54, 1.807) is 17.8 Å². The highest BCUT2D eigenvalue weighted by Crippen LogP contribution is 2.44. The third-order valence-corrected chi connectivity index (χ3v) is 6.20. The number of phenols is 1. The number of para-hydroxylation sites is 1. The second-order valence-corrected chi connectivity index (χ2v) is 7.88. The number of aliphatic imine (C=N–C) groups is 1. The fourth-order valence-electron chi connectivity index (χ4n) is 3.51. The summed E-state index contributed by atoms with van der Waals surface area (Å²) in [6, 6.07) is 13.7. The van der Waals surface area contributed by atoms with E-state index >= 15 is 0 Å². The number of hydrogen-bond donors (Lipinski definition) is 2. The second-order valence-electron chi connectivity index (χ2n) is 6.82. The Hall–Kier alpha value is -2.06. The minimum Gasteiger partial charge on any atom is -0.507 e. The molecule has 1 saturated heterocycles. The van der Waals surface area contributed by atoms with Gasteiger partial charge in [-0.1, -0.05) is 30.0 Å². The molecule has 6 nitrogen and oxygen atoms in total. The molecule has 28 heavy (non-hydrogen) atoms. The van der Waals surface area contributed by atoms with Crippen molar-refractivity contribution in [2.24, 2.45) is 4.99 Å². The first-order valence-corrected chi connectivity index (χ1v) is 10.4. The van der Waals surface area contributed by atoms with Crippen LogP contribution in [-0.4, -0.2) is 78.4 Å². The number of amidine groups is 1. The second kappa shape index (κ2) is 8.96. The number of piperazine rings is 1. The summed E-state index contributed by atoms with van der Waals surface area (Å²) < 4.78 is 5.38. The zero-order valence-electron chi connectivity index (χ0n) is 15.8. The van der Waals surface area contributed by atoms with Crippen LogP contribution in [-0.2, 0) is 4.74 Å². The molecule has 0 radical (unpaired) electrons. The van der Waals surface area contributed by atoms with Crippen LogP contribution in [0.3, 0.4) is 0 Å². The van der Waals surface area contributed by atoms with E-state index in [0.29, 0.717) is 19.0 Å². The van der Waals surface area contributed by atoms with E-state index in [-0.39, 0.29) is 6.61 Å². The summed E-state index contributed by atoms with van der Waals surface area (Å²) in [6.07, 6.45) is 0. The van der Waals surface area contributed by atoms with E-state index in [1.165, 1.54) is 0 Å². The Kier molecular flexibility index (Phi) is 6.17. The van der Waals surface area contributed by atoms with Crippen LogP contribution in [0, 0.1) is 0 Å². The SMILES string of the molecule is OCCOCCN1CCN(C2=Nc3ccccc3Sc3c(O)cccc32)CC1. The Morgan fingerprint density at radius 1 is 1.00 bits per heavy atom. The van der Waals surface area contributed by atoms with Gasteiger partial charge in [0.1, 0.15) is 11.6 Å². The fourth-order valence-corrected chi connectivity index (χ4v) is 4.54. The maximum absolute atomic E-state index is 10.5. The van der Waals surface area contributed by atoms with Gasteiger partial charge in [0.05, 0.1) is 30.4 Å². The van der Waals surface area contributed by atoms with E-state index in [9.17, 15) is 5.11 Å². The van der Waals surface area contributed by atoms with Crippen LogP contribution in [0.1, 0.15) is 5.56 Å². The molecule has 0 bridgehead atoms. The number of nitrogens with zero attached hydrogens (tertiary/aromatic N) is 3. The van der Waals surface area contributed by atoms with Gasteiger partial charge in [0.25, 0.3) is 0 Å². The summed E-state index contributed by atoms with van der Waals surface area (Å²) in [5.74, 6) is 1.23. The lowest BCUT2D eigenvalue weighted by molar-refractivity contribution is 0.0652. The van der Waals surface area contributed by atoms with E-state index in [0.717, 1.165) is 59.6 Å². The van der Waals surface area contributed by atoms with Gasteiger partial charge in [0.2, 0.25) is 0 Å². The summed E-state index contributed by atoms with van der Waals surface area (Å²) in [7, 11) is 0. The molecule has 0 aliphatic carbocycles.